The highest BCUT2D eigenvalue weighted by molar-refractivity contribution is 5.97. The van der Waals surface area contributed by atoms with Crippen LogP contribution in [0.5, 0.6) is 5.75 Å². The van der Waals surface area contributed by atoms with E-state index >= 15 is 0 Å². The molecule has 0 aliphatic rings. The topological polar surface area (TPSA) is 136 Å². The molecule has 4 heterocycles. The number of anilines is 2. The van der Waals surface area contributed by atoms with Crippen molar-refractivity contribution >= 4 is 28.3 Å². The largest absolute Gasteiger partial charge is 0.493 e. The number of nitriles is 1. The van der Waals surface area contributed by atoms with Crippen molar-refractivity contribution in [2.24, 2.45) is 0 Å². The minimum atomic E-state index is -0.155. The molecule has 5 rings (SSSR count). The minimum Gasteiger partial charge on any atom is -0.493 e. The van der Waals surface area contributed by atoms with Crippen LogP contribution in [-0.4, -0.2) is 47.4 Å². The van der Waals surface area contributed by atoms with Gasteiger partial charge in [-0.1, -0.05) is 0 Å². The number of fused-ring (bicyclic) bond motifs is 1. The fourth-order valence-corrected chi connectivity index (χ4v) is 3.73. The number of pyridine rings is 1. The quantitative estimate of drug-likeness (QED) is 0.373. The molecule has 0 aliphatic heterocycles. The maximum absolute atomic E-state index is 12.3. The predicted octanol–water partition coefficient (Wildman–Crippen LogP) is 3.53. The van der Waals surface area contributed by atoms with Gasteiger partial charge in [0.2, 0.25) is 0 Å². The molecule has 35 heavy (non-hydrogen) atoms. The minimum absolute atomic E-state index is 0.155. The standard InChI is InChI=1S/C24H19N9O2/c1-14-10-17(12-25)31-33(14)24-18(15(2)34)5-7-22(29-24)32-13-26-19-11-16(4-6-20(19)32)28-23-21(35-3)8-9-27-30-23/h4-11,13H,1-3H3,(H,28,30). The fourth-order valence-electron chi connectivity index (χ4n) is 3.73. The summed E-state index contributed by atoms with van der Waals surface area (Å²) in [7, 11) is 1.57. The highest BCUT2D eigenvalue weighted by Crippen LogP contribution is 2.27. The third kappa shape index (κ3) is 3.93. The number of Topliss-reactive ketones (excluding diaryl/α,β-unsaturated/α-hetero) is 1. The van der Waals surface area contributed by atoms with Crippen LogP contribution >= 0.6 is 0 Å². The Hall–Kier alpha value is -5.11. The van der Waals surface area contributed by atoms with E-state index in [0.29, 0.717) is 34.5 Å². The number of nitrogens with one attached hydrogen (secondary N) is 1. The number of methoxy groups -OCH3 is 1. The van der Waals surface area contributed by atoms with E-state index in [9.17, 15) is 10.1 Å². The monoisotopic (exact) mass is 465 g/mol. The lowest BCUT2D eigenvalue weighted by atomic mass is 10.2. The molecule has 0 aliphatic carbocycles. The molecule has 0 spiro atoms. The number of aromatic nitrogens is 7. The smallest absolute Gasteiger partial charge is 0.195 e. The summed E-state index contributed by atoms with van der Waals surface area (Å²) in [5.41, 5.74) is 3.64. The van der Waals surface area contributed by atoms with Crippen molar-refractivity contribution < 1.29 is 9.53 Å². The molecule has 4 aromatic heterocycles. The average Bonchev–Trinajstić information content (AvgIpc) is 3.46. The Morgan fingerprint density at radius 2 is 2.03 bits per heavy atom. The van der Waals surface area contributed by atoms with Crippen molar-refractivity contribution in [1.82, 2.24) is 34.5 Å². The maximum Gasteiger partial charge on any atom is 0.195 e. The number of nitrogens with zero attached hydrogens (tertiary/aromatic N) is 8. The number of hydrogen-bond acceptors (Lipinski definition) is 9. The van der Waals surface area contributed by atoms with Crippen LogP contribution in [0.15, 0.2) is 55.0 Å². The SMILES string of the molecule is COc1ccnnc1Nc1ccc2c(c1)ncn2-c1ccc(C(C)=O)c(-n2nc(C#N)cc2C)n1. The van der Waals surface area contributed by atoms with Gasteiger partial charge in [-0.25, -0.2) is 14.6 Å². The highest BCUT2D eigenvalue weighted by Gasteiger charge is 2.17. The molecule has 0 fully saturated rings. The average molecular weight is 465 g/mol. The predicted molar refractivity (Wildman–Crippen MR) is 127 cm³/mol. The summed E-state index contributed by atoms with van der Waals surface area (Å²) in [6.45, 7) is 3.27. The van der Waals surface area contributed by atoms with Crippen LogP contribution in [0.4, 0.5) is 11.5 Å². The molecule has 0 atom stereocenters. The van der Waals surface area contributed by atoms with Gasteiger partial charge in [-0.2, -0.15) is 15.5 Å². The van der Waals surface area contributed by atoms with Crippen LogP contribution in [-0.2, 0) is 0 Å². The number of rotatable bonds is 6. The summed E-state index contributed by atoms with van der Waals surface area (Å²) >= 11 is 0. The normalized spacial score (nSPS) is 10.8. The zero-order chi connectivity index (χ0) is 24.5. The number of carbonyl (C=O) groups is 1. The summed E-state index contributed by atoms with van der Waals surface area (Å²) in [5, 5.41) is 24.7. The number of aryl methyl sites for hydroxylation is 1. The van der Waals surface area contributed by atoms with Crippen molar-refractivity contribution in [3.63, 3.8) is 0 Å². The van der Waals surface area contributed by atoms with Gasteiger partial charge in [0.05, 0.1) is 29.9 Å². The van der Waals surface area contributed by atoms with Gasteiger partial charge in [0, 0.05) is 17.4 Å². The number of benzene rings is 1. The summed E-state index contributed by atoms with van der Waals surface area (Å²) in [6.07, 6.45) is 3.22. The molecule has 11 nitrogen and oxygen atoms in total. The zero-order valence-corrected chi connectivity index (χ0v) is 19.1. The van der Waals surface area contributed by atoms with Crippen LogP contribution in [0.3, 0.4) is 0 Å². The first-order chi connectivity index (χ1) is 17.0. The lowest BCUT2D eigenvalue weighted by molar-refractivity contribution is 0.101. The van der Waals surface area contributed by atoms with Gasteiger partial charge in [0.15, 0.2) is 28.9 Å². The first kappa shape index (κ1) is 21.7. The zero-order valence-electron chi connectivity index (χ0n) is 19.1. The highest BCUT2D eigenvalue weighted by atomic mass is 16.5. The Labute approximate surface area is 199 Å². The fraction of sp³-hybridized carbons (Fsp3) is 0.125. The Kier molecular flexibility index (Phi) is 5.39. The Bertz CT molecular complexity index is 1630. The number of ketones is 1. The molecule has 5 aromatic rings. The molecule has 11 heteroatoms. The molecule has 1 N–H and O–H groups in total. The maximum atomic E-state index is 12.3. The molecular formula is C24H19N9O2. The number of hydrogen-bond donors (Lipinski definition) is 1. The molecular weight excluding hydrogens is 446 g/mol. The lowest BCUT2D eigenvalue weighted by Gasteiger charge is -2.12. The van der Waals surface area contributed by atoms with E-state index in [1.165, 1.54) is 11.6 Å². The summed E-state index contributed by atoms with van der Waals surface area (Å²) in [4.78, 5) is 21.5. The van der Waals surface area contributed by atoms with Crippen LogP contribution < -0.4 is 10.1 Å². The van der Waals surface area contributed by atoms with Crippen molar-refractivity contribution in [2.45, 2.75) is 13.8 Å². The molecule has 0 saturated heterocycles. The lowest BCUT2D eigenvalue weighted by Crippen LogP contribution is -2.11. The molecule has 172 valence electrons. The van der Waals surface area contributed by atoms with E-state index in [2.05, 4.69) is 25.6 Å². The van der Waals surface area contributed by atoms with Crippen LogP contribution in [0.25, 0.3) is 22.7 Å². The molecule has 0 bridgehead atoms. The van der Waals surface area contributed by atoms with Crippen LogP contribution in [0.1, 0.15) is 28.7 Å². The second-order valence-corrected chi connectivity index (χ2v) is 7.68. The van der Waals surface area contributed by atoms with Gasteiger partial charge in [-0.05, 0) is 50.2 Å². The molecule has 0 amide bonds. The molecule has 0 radical (unpaired) electrons. The van der Waals surface area contributed by atoms with Gasteiger partial charge in [-0.3, -0.25) is 9.36 Å². The van der Waals surface area contributed by atoms with E-state index in [1.807, 2.05) is 28.8 Å². The Morgan fingerprint density at radius 1 is 1.17 bits per heavy atom. The second-order valence-electron chi connectivity index (χ2n) is 7.68. The van der Waals surface area contributed by atoms with Crippen molar-refractivity contribution in [1.29, 1.82) is 5.26 Å². The molecule has 0 unspecified atom stereocenters. The Morgan fingerprint density at radius 3 is 2.77 bits per heavy atom. The van der Waals surface area contributed by atoms with Gasteiger partial charge in [0.25, 0.3) is 0 Å². The van der Waals surface area contributed by atoms with Crippen LogP contribution in [0, 0.1) is 18.3 Å². The third-order valence-electron chi connectivity index (χ3n) is 5.40. The first-order valence-electron chi connectivity index (χ1n) is 10.6. The second kappa shape index (κ2) is 8.68. The molecule has 0 saturated carbocycles. The number of carbonyl (C=O) groups excluding carboxylic acids is 1. The number of ether oxygens (including phenoxy) is 1. The summed E-state index contributed by atoms with van der Waals surface area (Å²) in [5.74, 6) is 1.81. The first-order valence-corrected chi connectivity index (χ1v) is 10.6. The van der Waals surface area contributed by atoms with Crippen molar-refractivity contribution in [2.75, 3.05) is 12.4 Å². The van der Waals surface area contributed by atoms with Crippen LogP contribution in [0.2, 0.25) is 0 Å². The summed E-state index contributed by atoms with van der Waals surface area (Å²) < 4.78 is 8.64. The van der Waals surface area contributed by atoms with E-state index in [-0.39, 0.29) is 11.5 Å². The summed E-state index contributed by atoms with van der Waals surface area (Å²) in [6, 6.07) is 14.5. The third-order valence-corrected chi connectivity index (χ3v) is 5.40. The van der Waals surface area contributed by atoms with E-state index in [4.69, 9.17) is 9.72 Å². The van der Waals surface area contributed by atoms with E-state index in [0.717, 1.165) is 16.7 Å². The van der Waals surface area contributed by atoms with Gasteiger partial charge < -0.3 is 10.1 Å². The van der Waals surface area contributed by atoms with Gasteiger partial charge in [-0.15, -0.1) is 5.10 Å². The van der Waals surface area contributed by atoms with E-state index < -0.39 is 0 Å². The molecule has 1 aromatic carbocycles. The number of imidazole rings is 1. The van der Waals surface area contributed by atoms with Crippen molar-refractivity contribution in [3.05, 3.63) is 71.9 Å². The van der Waals surface area contributed by atoms with Gasteiger partial charge in [0.1, 0.15) is 18.2 Å². The Balaban J connectivity index is 1.56. The van der Waals surface area contributed by atoms with Crippen molar-refractivity contribution in [3.8, 4) is 23.5 Å². The van der Waals surface area contributed by atoms with Gasteiger partial charge >= 0.3 is 0 Å². The van der Waals surface area contributed by atoms with E-state index in [1.54, 1.807) is 50.8 Å².